The number of nitrogens with one attached hydrogen (secondary N) is 1. The van der Waals surface area contributed by atoms with E-state index in [0.717, 1.165) is 31.7 Å². The second kappa shape index (κ2) is 9.63. The highest BCUT2D eigenvalue weighted by Crippen LogP contribution is 2.17. The molecule has 2 fully saturated rings. The molecule has 0 unspecified atom stereocenters. The molecule has 0 saturated carbocycles. The number of hydrogen-bond acceptors (Lipinski definition) is 6. The first-order valence-electron chi connectivity index (χ1n) is 10.4. The Balaban J connectivity index is 1.24. The van der Waals surface area contributed by atoms with Crippen molar-refractivity contribution in [2.24, 2.45) is 0 Å². The van der Waals surface area contributed by atoms with Crippen LogP contribution < -0.4 is 10.2 Å². The van der Waals surface area contributed by atoms with Crippen LogP contribution in [0.25, 0.3) is 0 Å². The van der Waals surface area contributed by atoms with Crippen molar-refractivity contribution in [3.8, 4) is 0 Å². The number of para-hydroxylation sites is 1. The zero-order chi connectivity index (χ0) is 20.8. The van der Waals surface area contributed by atoms with E-state index in [1.807, 2.05) is 36.4 Å². The quantitative estimate of drug-likeness (QED) is 0.706. The highest BCUT2D eigenvalue weighted by molar-refractivity contribution is 5.73. The van der Waals surface area contributed by atoms with Crippen LogP contribution in [0.1, 0.15) is 5.56 Å². The monoisotopic (exact) mass is 409 g/mol. The lowest BCUT2D eigenvalue weighted by molar-refractivity contribution is -0.145. The van der Waals surface area contributed by atoms with Gasteiger partial charge in [0, 0.05) is 38.4 Å². The van der Waals surface area contributed by atoms with E-state index < -0.39 is 12.2 Å². The van der Waals surface area contributed by atoms with E-state index in [4.69, 9.17) is 9.47 Å². The normalized spacial score (nSPS) is 21.7. The highest BCUT2D eigenvalue weighted by Gasteiger charge is 2.36. The number of amides is 1. The lowest BCUT2D eigenvalue weighted by Gasteiger charge is -2.37. The Labute approximate surface area is 176 Å². The van der Waals surface area contributed by atoms with Crippen molar-refractivity contribution in [2.75, 3.05) is 44.2 Å². The number of carbonyl (C=O) groups excluding carboxylic acids is 2. The molecule has 0 aromatic heterocycles. The van der Waals surface area contributed by atoms with Gasteiger partial charge in [0.05, 0.1) is 12.5 Å². The lowest BCUT2D eigenvalue weighted by Crippen LogP contribution is -2.52. The maximum absolute atomic E-state index is 12.1. The fourth-order valence-corrected chi connectivity index (χ4v) is 3.91. The number of carbonyl (C=O) groups is 2. The van der Waals surface area contributed by atoms with Crippen molar-refractivity contribution in [3.63, 3.8) is 0 Å². The van der Waals surface area contributed by atoms with Crippen LogP contribution in [0.2, 0.25) is 0 Å². The molecule has 2 aromatic rings. The van der Waals surface area contributed by atoms with Gasteiger partial charge in [-0.2, -0.15) is 0 Å². The van der Waals surface area contributed by atoms with Crippen molar-refractivity contribution in [3.05, 3.63) is 66.2 Å². The molecule has 0 aliphatic carbocycles. The van der Waals surface area contributed by atoms with Gasteiger partial charge in [0.1, 0.15) is 6.61 Å². The molecule has 0 spiro atoms. The van der Waals surface area contributed by atoms with Gasteiger partial charge in [-0.15, -0.1) is 0 Å². The van der Waals surface area contributed by atoms with Crippen LogP contribution in [-0.4, -0.2) is 68.4 Å². The Hall–Kier alpha value is -3.06. The molecule has 2 aromatic carbocycles. The van der Waals surface area contributed by atoms with E-state index in [1.165, 1.54) is 5.69 Å². The van der Waals surface area contributed by atoms with Gasteiger partial charge in [-0.3, -0.25) is 9.69 Å². The minimum absolute atomic E-state index is 0.0685. The van der Waals surface area contributed by atoms with E-state index in [0.29, 0.717) is 6.54 Å². The van der Waals surface area contributed by atoms with Crippen molar-refractivity contribution < 1.29 is 19.1 Å². The molecule has 1 N–H and O–H groups in total. The third-order valence-corrected chi connectivity index (χ3v) is 5.56. The predicted octanol–water partition coefficient (Wildman–Crippen LogP) is 2.07. The van der Waals surface area contributed by atoms with Crippen LogP contribution in [-0.2, 0) is 20.7 Å². The maximum Gasteiger partial charge on any atom is 0.408 e. The number of nitrogens with zero attached hydrogens (tertiary/aromatic N) is 2. The molecule has 7 heteroatoms. The minimum Gasteiger partial charge on any atom is -0.461 e. The summed E-state index contributed by atoms with van der Waals surface area (Å²) in [6, 6.07) is 19.6. The van der Waals surface area contributed by atoms with Crippen LogP contribution in [0.5, 0.6) is 0 Å². The molecule has 4 rings (SSSR count). The number of anilines is 1. The van der Waals surface area contributed by atoms with Gasteiger partial charge in [-0.05, 0) is 17.7 Å². The molecular formula is C23H27N3O4. The summed E-state index contributed by atoms with van der Waals surface area (Å²) in [4.78, 5) is 28.6. The summed E-state index contributed by atoms with van der Waals surface area (Å²) in [6.45, 7) is 4.42. The highest BCUT2D eigenvalue weighted by atomic mass is 16.6. The second-order valence-electron chi connectivity index (χ2n) is 7.66. The Morgan fingerprint density at radius 2 is 1.67 bits per heavy atom. The summed E-state index contributed by atoms with van der Waals surface area (Å²) in [7, 11) is 0. The van der Waals surface area contributed by atoms with Gasteiger partial charge in [-0.1, -0.05) is 48.5 Å². The van der Waals surface area contributed by atoms with E-state index in [9.17, 15) is 9.59 Å². The van der Waals surface area contributed by atoms with Crippen molar-refractivity contribution in [1.29, 1.82) is 0 Å². The van der Waals surface area contributed by atoms with Crippen molar-refractivity contribution >= 4 is 17.7 Å². The molecule has 7 nitrogen and oxygen atoms in total. The van der Waals surface area contributed by atoms with Gasteiger partial charge in [0.25, 0.3) is 0 Å². The number of rotatable bonds is 7. The third-order valence-electron chi connectivity index (χ3n) is 5.56. The SMILES string of the molecule is O=C(Cc1ccccc1)OC[C@@H]1OC(=O)N[C@H]1CN1CCN(c2ccccc2)CC1. The number of benzene rings is 2. The van der Waals surface area contributed by atoms with Crippen LogP contribution in [0.15, 0.2) is 60.7 Å². The average Bonchev–Trinajstić information content (AvgIpc) is 3.13. The molecule has 2 saturated heterocycles. The fourth-order valence-electron chi connectivity index (χ4n) is 3.91. The number of piperazine rings is 1. The molecule has 2 heterocycles. The first-order chi connectivity index (χ1) is 14.7. The van der Waals surface area contributed by atoms with E-state index in [1.54, 1.807) is 0 Å². The second-order valence-corrected chi connectivity index (χ2v) is 7.66. The lowest BCUT2D eigenvalue weighted by atomic mass is 10.1. The summed E-state index contributed by atoms with van der Waals surface area (Å²) >= 11 is 0. The van der Waals surface area contributed by atoms with Gasteiger partial charge < -0.3 is 19.7 Å². The molecule has 2 atom stereocenters. The average molecular weight is 409 g/mol. The summed E-state index contributed by atoms with van der Waals surface area (Å²) in [6.07, 6.45) is -0.711. The molecular weight excluding hydrogens is 382 g/mol. The standard InChI is InChI=1S/C23H27N3O4/c27-22(15-18-7-3-1-4-8-18)29-17-21-20(24-23(28)30-21)16-25-11-13-26(14-12-25)19-9-5-2-6-10-19/h1-10,20-21H,11-17H2,(H,24,28)/t20-,21-/m0/s1. The summed E-state index contributed by atoms with van der Waals surface area (Å²) in [5, 5.41) is 2.86. The first-order valence-corrected chi connectivity index (χ1v) is 10.4. The smallest absolute Gasteiger partial charge is 0.408 e. The van der Waals surface area contributed by atoms with Gasteiger partial charge in [0.15, 0.2) is 6.10 Å². The predicted molar refractivity (Wildman–Crippen MR) is 113 cm³/mol. The number of alkyl carbamates (subject to hydrolysis) is 1. The topological polar surface area (TPSA) is 71.1 Å². The van der Waals surface area contributed by atoms with E-state index >= 15 is 0 Å². The first kappa shape index (κ1) is 20.2. The molecule has 2 aliphatic rings. The molecule has 158 valence electrons. The zero-order valence-corrected chi connectivity index (χ0v) is 16.9. The number of cyclic esters (lactones) is 1. The Morgan fingerprint density at radius 3 is 2.37 bits per heavy atom. The van der Waals surface area contributed by atoms with Crippen LogP contribution >= 0.6 is 0 Å². The Bertz CT molecular complexity index is 838. The summed E-state index contributed by atoms with van der Waals surface area (Å²) in [5.41, 5.74) is 2.13. The molecule has 1 amide bonds. The molecule has 2 aliphatic heterocycles. The largest absolute Gasteiger partial charge is 0.461 e. The van der Waals surface area contributed by atoms with Crippen LogP contribution in [0.3, 0.4) is 0 Å². The number of esters is 1. The third kappa shape index (κ3) is 5.30. The number of ether oxygens (including phenoxy) is 2. The Morgan fingerprint density at radius 1 is 1.00 bits per heavy atom. The molecule has 0 radical (unpaired) electrons. The van der Waals surface area contributed by atoms with E-state index in [-0.39, 0.29) is 25.0 Å². The minimum atomic E-state index is -0.468. The summed E-state index contributed by atoms with van der Waals surface area (Å²) in [5.74, 6) is -0.320. The molecule has 0 bridgehead atoms. The molecule has 30 heavy (non-hydrogen) atoms. The number of hydrogen-bond donors (Lipinski definition) is 1. The van der Waals surface area contributed by atoms with Crippen molar-refractivity contribution in [1.82, 2.24) is 10.2 Å². The van der Waals surface area contributed by atoms with Gasteiger partial charge in [-0.25, -0.2) is 4.79 Å². The maximum atomic E-state index is 12.1. The van der Waals surface area contributed by atoms with Gasteiger partial charge >= 0.3 is 12.1 Å². The fraction of sp³-hybridized carbons (Fsp3) is 0.391. The van der Waals surface area contributed by atoms with Gasteiger partial charge in [0.2, 0.25) is 0 Å². The Kier molecular flexibility index (Phi) is 6.49. The van der Waals surface area contributed by atoms with Crippen molar-refractivity contribution in [2.45, 2.75) is 18.6 Å². The van der Waals surface area contributed by atoms with E-state index in [2.05, 4.69) is 39.4 Å². The zero-order valence-electron chi connectivity index (χ0n) is 16.9. The van der Waals surface area contributed by atoms with Crippen LogP contribution in [0.4, 0.5) is 10.5 Å². The van der Waals surface area contributed by atoms with Crippen LogP contribution in [0, 0.1) is 0 Å². The summed E-state index contributed by atoms with van der Waals surface area (Å²) < 4.78 is 10.7.